The van der Waals surface area contributed by atoms with E-state index in [0.717, 1.165) is 11.1 Å². The molecule has 0 saturated heterocycles. The molecule has 0 bridgehead atoms. The zero-order valence-corrected chi connectivity index (χ0v) is 13.0. The maximum atomic E-state index is 10.5. The first kappa shape index (κ1) is 14.6. The van der Waals surface area contributed by atoms with Crippen molar-refractivity contribution in [2.24, 2.45) is 0 Å². The van der Waals surface area contributed by atoms with Crippen LogP contribution < -0.4 is 9.13 Å². The molecule has 0 saturated carbocycles. The highest BCUT2D eigenvalue weighted by Crippen LogP contribution is 2.22. The van der Waals surface area contributed by atoms with Crippen molar-refractivity contribution in [3.05, 3.63) is 59.1 Å². The zero-order chi connectivity index (χ0) is 15.7. The Hall–Kier alpha value is -2.33. The molecule has 0 aliphatic rings. The van der Waals surface area contributed by atoms with Crippen LogP contribution in [0.3, 0.4) is 0 Å². The quantitative estimate of drug-likeness (QED) is 0.730. The first-order chi connectivity index (χ1) is 10.6. The van der Waals surface area contributed by atoms with Gasteiger partial charge in [0.1, 0.15) is 0 Å². The third-order valence-electron chi connectivity index (χ3n) is 3.78. The van der Waals surface area contributed by atoms with Crippen molar-refractivity contribution < 1.29 is 19.3 Å². The molecule has 0 atom stereocenters. The summed E-state index contributed by atoms with van der Waals surface area (Å²) in [5, 5.41) is 22.2. The Morgan fingerprint density at radius 3 is 2.36 bits per heavy atom. The van der Waals surface area contributed by atoms with Gasteiger partial charge in [-0.05, 0) is 19.1 Å². The number of nitrogens with zero attached hydrogens (tertiary/aromatic N) is 2. The summed E-state index contributed by atoms with van der Waals surface area (Å²) in [5.41, 5.74) is 1.66. The van der Waals surface area contributed by atoms with Crippen LogP contribution in [0, 0.1) is 0 Å². The van der Waals surface area contributed by atoms with E-state index >= 15 is 0 Å². The van der Waals surface area contributed by atoms with E-state index in [1.165, 1.54) is 4.57 Å². The van der Waals surface area contributed by atoms with Gasteiger partial charge < -0.3 is 10.2 Å². The van der Waals surface area contributed by atoms with E-state index in [9.17, 15) is 10.2 Å². The molecule has 4 nitrogen and oxygen atoms in total. The van der Waals surface area contributed by atoms with Gasteiger partial charge in [0.25, 0.3) is 0 Å². The number of hydrogen-bond acceptors (Lipinski definition) is 2. The lowest BCUT2D eigenvalue weighted by Crippen LogP contribution is -2.48. The van der Waals surface area contributed by atoms with Crippen LogP contribution in [0.1, 0.15) is 12.5 Å². The molecule has 3 aromatic rings. The SMILES string of the molecule is CC[n+]1c(O)c2ccccc2[n+](Cc2ccccc2Cl)c1O. The summed E-state index contributed by atoms with van der Waals surface area (Å²) in [6, 6.07) is 15.0. The molecule has 2 aromatic carbocycles. The molecule has 2 N–H and O–H groups in total. The minimum atomic E-state index is -0.00128. The summed E-state index contributed by atoms with van der Waals surface area (Å²) in [6.45, 7) is 2.76. The second-order valence-corrected chi connectivity index (χ2v) is 5.47. The van der Waals surface area contributed by atoms with Crippen LogP contribution in [0.5, 0.6) is 11.9 Å². The number of hydrogen-bond donors (Lipinski definition) is 2. The largest absolute Gasteiger partial charge is 0.632 e. The Morgan fingerprint density at radius 2 is 1.64 bits per heavy atom. The highest BCUT2D eigenvalue weighted by Gasteiger charge is 2.32. The van der Waals surface area contributed by atoms with E-state index in [4.69, 9.17) is 11.6 Å². The molecule has 3 rings (SSSR count). The summed E-state index contributed by atoms with van der Waals surface area (Å²) in [6.07, 6.45) is 0. The van der Waals surface area contributed by atoms with Crippen LogP contribution in [0.15, 0.2) is 48.5 Å². The number of fused-ring (bicyclic) bond motifs is 1. The van der Waals surface area contributed by atoms with E-state index in [-0.39, 0.29) is 11.9 Å². The first-order valence-electron chi connectivity index (χ1n) is 7.13. The van der Waals surface area contributed by atoms with Crippen molar-refractivity contribution in [3.63, 3.8) is 0 Å². The average molecular weight is 317 g/mol. The standard InChI is InChI=1S/C17H15ClN2O2/c1-2-19-16(21)13-8-4-6-10-15(13)20(17(19)22)11-12-7-3-5-9-14(12)18/h3-10H,2,11H2,1H3/p+2. The minimum absolute atomic E-state index is 0.00128. The minimum Gasteiger partial charge on any atom is -0.459 e. The van der Waals surface area contributed by atoms with Crippen molar-refractivity contribution in [3.8, 4) is 11.9 Å². The van der Waals surface area contributed by atoms with Crippen LogP contribution in [-0.2, 0) is 13.1 Å². The van der Waals surface area contributed by atoms with Crippen molar-refractivity contribution in [1.82, 2.24) is 0 Å². The Kier molecular flexibility index (Phi) is 3.86. The maximum absolute atomic E-state index is 10.5. The number of aromatic hydroxyl groups is 2. The molecule has 112 valence electrons. The molecule has 1 heterocycles. The molecule has 0 aliphatic heterocycles. The Morgan fingerprint density at radius 1 is 0.955 bits per heavy atom. The molecule has 0 radical (unpaired) electrons. The van der Waals surface area contributed by atoms with Crippen molar-refractivity contribution in [1.29, 1.82) is 0 Å². The van der Waals surface area contributed by atoms with Crippen LogP contribution in [0.4, 0.5) is 0 Å². The van der Waals surface area contributed by atoms with E-state index in [1.807, 2.05) is 55.5 Å². The van der Waals surface area contributed by atoms with Crippen molar-refractivity contribution in [2.75, 3.05) is 0 Å². The fraction of sp³-hybridized carbons (Fsp3) is 0.176. The molecule has 0 unspecified atom stereocenters. The van der Waals surface area contributed by atoms with Gasteiger partial charge in [-0.1, -0.05) is 51.1 Å². The molecule has 0 spiro atoms. The summed E-state index contributed by atoms with van der Waals surface area (Å²) in [4.78, 5) is 0. The second kappa shape index (κ2) is 5.81. The monoisotopic (exact) mass is 316 g/mol. The van der Waals surface area contributed by atoms with Gasteiger partial charge in [-0.15, -0.1) is 0 Å². The first-order valence-corrected chi connectivity index (χ1v) is 7.51. The fourth-order valence-corrected chi connectivity index (χ4v) is 2.83. The Balaban J connectivity index is 2.26. The van der Waals surface area contributed by atoms with Gasteiger partial charge in [-0.25, -0.2) is 0 Å². The summed E-state index contributed by atoms with van der Waals surface area (Å²) >= 11 is 6.23. The lowest BCUT2D eigenvalue weighted by Gasteiger charge is -2.05. The van der Waals surface area contributed by atoms with Gasteiger partial charge in [0.05, 0.1) is 5.02 Å². The molecule has 22 heavy (non-hydrogen) atoms. The van der Waals surface area contributed by atoms with E-state index in [2.05, 4.69) is 0 Å². The van der Waals surface area contributed by atoms with Gasteiger partial charge in [0.2, 0.25) is 5.52 Å². The lowest BCUT2D eigenvalue weighted by atomic mass is 10.2. The summed E-state index contributed by atoms with van der Waals surface area (Å²) < 4.78 is 3.22. The molecular weight excluding hydrogens is 300 g/mol. The van der Waals surface area contributed by atoms with Crippen molar-refractivity contribution >= 4 is 22.5 Å². The third kappa shape index (κ3) is 2.35. The van der Waals surface area contributed by atoms with Crippen LogP contribution in [-0.4, -0.2) is 10.2 Å². The Bertz CT molecular complexity index is 849. The van der Waals surface area contributed by atoms with Gasteiger partial charge in [-0.3, -0.25) is 0 Å². The number of para-hydroxylation sites is 1. The molecule has 0 amide bonds. The smallest absolute Gasteiger partial charge is 0.459 e. The third-order valence-corrected chi connectivity index (χ3v) is 4.15. The van der Waals surface area contributed by atoms with Crippen LogP contribution in [0.25, 0.3) is 10.9 Å². The van der Waals surface area contributed by atoms with Crippen LogP contribution in [0.2, 0.25) is 5.02 Å². The van der Waals surface area contributed by atoms with E-state index < -0.39 is 0 Å². The molecule has 1 aromatic heterocycles. The van der Waals surface area contributed by atoms with E-state index in [0.29, 0.717) is 23.5 Å². The highest BCUT2D eigenvalue weighted by atomic mass is 35.5. The molecule has 5 heteroatoms. The number of benzene rings is 2. The lowest BCUT2D eigenvalue weighted by molar-refractivity contribution is -0.816. The summed E-state index contributed by atoms with van der Waals surface area (Å²) in [7, 11) is 0. The summed E-state index contributed by atoms with van der Waals surface area (Å²) in [5.74, 6) is 0.0611. The topological polar surface area (TPSA) is 48.2 Å². The normalized spacial score (nSPS) is 11.0. The zero-order valence-electron chi connectivity index (χ0n) is 12.2. The van der Waals surface area contributed by atoms with E-state index in [1.54, 1.807) is 4.57 Å². The highest BCUT2D eigenvalue weighted by molar-refractivity contribution is 6.31. The predicted molar refractivity (Wildman–Crippen MR) is 83.9 cm³/mol. The van der Waals surface area contributed by atoms with Gasteiger partial charge in [0.15, 0.2) is 18.5 Å². The second-order valence-electron chi connectivity index (χ2n) is 5.06. The maximum Gasteiger partial charge on any atom is 0.632 e. The average Bonchev–Trinajstić information content (AvgIpc) is 2.54. The number of aromatic nitrogens is 2. The predicted octanol–water partition coefficient (Wildman–Crippen LogP) is 2.55. The Labute approximate surface area is 133 Å². The molecule has 0 fully saturated rings. The fourth-order valence-electron chi connectivity index (χ4n) is 2.64. The van der Waals surface area contributed by atoms with Gasteiger partial charge in [0, 0.05) is 11.6 Å². The number of halogens is 1. The molecule has 0 aliphatic carbocycles. The van der Waals surface area contributed by atoms with Crippen molar-refractivity contribution in [2.45, 2.75) is 20.0 Å². The van der Waals surface area contributed by atoms with Gasteiger partial charge in [-0.2, -0.15) is 0 Å². The molecular formula is C17H17ClN2O2+2. The van der Waals surface area contributed by atoms with Crippen LogP contribution >= 0.6 is 11.6 Å². The number of rotatable bonds is 3. The van der Waals surface area contributed by atoms with Gasteiger partial charge >= 0.3 is 11.9 Å².